The number of rotatable bonds is 4. The van der Waals surface area contributed by atoms with E-state index in [-0.39, 0.29) is 17.9 Å². The second-order valence-electron chi connectivity index (χ2n) is 6.73. The van der Waals surface area contributed by atoms with Crippen LogP contribution in [0.15, 0.2) is 18.3 Å². The van der Waals surface area contributed by atoms with Crippen LogP contribution in [0.5, 0.6) is 0 Å². The molecule has 24 heavy (non-hydrogen) atoms. The first kappa shape index (κ1) is 16.7. The summed E-state index contributed by atoms with van der Waals surface area (Å²) in [6.07, 6.45) is 5.56. The van der Waals surface area contributed by atoms with E-state index < -0.39 is 0 Å². The summed E-state index contributed by atoms with van der Waals surface area (Å²) in [5.74, 6) is 0.539. The van der Waals surface area contributed by atoms with Crippen molar-refractivity contribution in [3.05, 3.63) is 29.6 Å². The van der Waals surface area contributed by atoms with Gasteiger partial charge in [-0.2, -0.15) is 0 Å². The number of amides is 3. The molecule has 0 unspecified atom stereocenters. The van der Waals surface area contributed by atoms with Crippen LogP contribution in [-0.2, 0) is 11.2 Å². The van der Waals surface area contributed by atoms with Crippen molar-refractivity contribution in [3.8, 4) is 0 Å². The van der Waals surface area contributed by atoms with E-state index in [0.717, 1.165) is 43.5 Å². The number of aryl methyl sites for hydroxylation is 1. The van der Waals surface area contributed by atoms with Crippen LogP contribution in [0.3, 0.4) is 0 Å². The van der Waals surface area contributed by atoms with Crippen LogP contribution in [-0.4, -0.2) is 59.4 Å². The molecule has 0 spiro atoms. The van der Waals surface area contributed by atoms with E-state index in [4.69, 9.17) is 0 Å². The third kappa shape index (κ3) is 4.46. The molecule has 0 atom stereocenters. The van der Waals surface area contributed by atoms with Gasteiger partial charge in [0.25, 0.3) is 0 Å². The van der Waals surface area contributed by atoms with E-state index in [1.807, 2.05) is 35.1 Å². The number of carbonyl (C=O) groups is 2. The fourth-order valence-corrected chi connectivity index (χ4v) is 3.00. The lowest BCUT2D eigenvalue weighted by molar-refractivity contribution is -0.132. The zero-order valence-corrected chi connectivity index (χ0v) is 14.3. The molecule has 1 aromatic rings. The molecule has 2 fully saturated rings. The summed E-state index contributed by atoms with van der Waals surface area (Å²) in [6.45, 7) is 5.33. The first-order valence-electron chi connectivity index (χ1n) is 8.86. The van der Waals surface area contributed by atoms with Crippen molar-refractivity contribution in [2.75, 3.05) is 32.7 Å². The molecule has 2 aliphatic rings. The SMILES string of the molecule is Cc1ccc(CCNC(=O)N2CCCN(C(=O)C3CC3)CC2)cn1. The zero-order valence-electron chi connectivity index (χ0n) is 14.3. The highest BCUT2D eigenvalue weighted by Crippen LogP contribution is 2.31. The minimum atomic E-state index is -0.0317. The number of pyridine rings is 1. The Morgan fingerprint density at radius 3 is 2.62 bits per heavy atom. The van der Waals surface area contributed by atoms with Crippen molar-refractivity contribution in [1.29, 1.82) is 0 Å². The van der Waals surface area contributed by atoms with Crippen LogP contribution in [0, 0.1) is 12.8 Å². The van der Waals surface area contributed by atoms with E-state index in [2.05, 4.69) is 10.3 Å². The van der Waals surface area contributed by atoms with Gasteiger partial charge < -0.3 is 15.1 Å². The van der Waals surface area contributed by atoms with Gasteiger partial charge in [0.15, 0.2) is 0 Å². The van der Waals surface area contributed by atoms with Crippen molar-refractivity contribution in [1.82, 2.24) is 20.1 Å². The summed E-state index contributed by atoms with van der Waals surface area (Å²) in [4.78, 5) is 32.5. The number of carbonyl (C=O) groups excluding carboxylic acids is 2. The van der Waals surface area contributed by atoms with Gasteiger partial charge in [-0.05, 0) is 44.2 Å². The summed E-state index contributed by atoms with van der Waals surface area (Å²) in [6, 6.07) is 4.00. The van der Waals surface area contributed by atoms with Crippen molar-refractivity contribution in [3.63, 3.8) is 0 Å². The third-order valence-corrected chi connectivity index (χ3v) is 4.68. The number of aromatic nitrogens is 1. The molecule has 3 amide bonds. The summed E-state index contributed by atoms with van der Waals surface area (Å²) in [5, 5.41) is 2.98. The van der Waals surface area contributed by atoms with Gasteiger partial charge in [-0.15, -0.1) is 0 Å². The van der Waals surface area contributed by atoms with E-state index in [1.54, 1.807) is 0 Å². The van der Waals surface area contributed by atoms with Crippen LogP contribution in [0.25, 0.3) is 0 Å². The maximum Gasteiger partial charge on any atom is 0.317 e. The Kier molecular flexibility index (Phi) is 5.33. The van der Waals surface area contributed by atoms with Crippen LogP contribution in [0.2, 0.25) is 0 Å². The molecule has 0 bridgehead atoms. The predicted molar refractivity (Wildman–Crippen MR) is 91.6 cm³/mol. The fourth-order valence-electron chi connectivity index (χ4n) is 3.00. The monoisotopic (exact) mass is 330 g/mol. The highest BCUT2D eigenvalue weighted by atomic mass is 16.2. The molecule has 6 nitrogen and oxygen atoms in total. The van der Waals surface area contributed by atoms with Crippen LogP contribution >= 0.6 is 0 Å². The van der Waals surface area contributed by atoms with Gasteiger partial charge in [0, 0.05) is 50.5 Å². The number of hydrogen-bond acceptors (Lipinski definition) is 3. The molecular weight excluding hydrogens is 304 g/mol. The first-order valence-corrected chi connectivity index (χ1v) is 8.86. The van der Waals surface area contributed by atoms with E-state index in [0.29, 0.717) is 26.2 Å². The van der Waals surface area contributed by atoms with Crippen molar-refractivity contribution < 1.29 is 9.59 Å². The Labute approximate surface area is 143 Å². The van der Waals surface area contributed by atoms with E-state index in [1.165, 1.54) is 0 Å². The van der Waals surface area contributed by atoms with Gasteiger partial charge in [-0.25, -0.2) is 4.79 Å². The minimum Gasteiger partial charge on any atom is -0.341 e. The second kappa shape index (κ2) is 7.64. The Bertz CT molecular complexity index is 583. The van der Waals surface area contributed by atoms with Crippen molar-refractivity contribution in [2.24, 2.45) is 5.92 Å². The molecule has 1 aliphatic carbocycles. The summed E-state index contributed by atoms with van der Waals surface area (Å²) < 4.78 is 0. The molecule has 0 radical (unpaired) electrons. The molecule has 1 aliphatic heterocycles. The second-order valence-corrected chi connectivity index (χ2v) is 6.73. The zero-order chi connectivity index (χ0) is 16.9. The predicted octanol–water partition coefficient (Wildman–Crippen LogP) is 1.59. The maximum absolute atomic E-state index is 12.3. The Hall–Kier alpha value is -2.11. The number of nitrogens with zero attached hydrogens (tertiary/aromatic N) is 3. The van der Waals surface area contributed by atoms with Gasteiger partial charge in [-0.3, -0.25) is 9.78 Å². The quantitative estimate of drug-likeness (QED) is 0.912. The Morgan fingerprint density at radius 2 is 1.92 bits per heavy atom. The topological polar surface area (TPSA) is 65.5 Å². The fraction of sp³-hybridized carbons (Fsp3) is 0.611. The van der Waals surface area contributed by atoms with Gasteiger partial charge >= 0.3 is 6.03 Å². The normalized spacial score (nSPS) is 18.2. The lowest BCUT2D eigenvalue weighted by Crippen LogP contribution is -2.43. The standard InChI is InChI=1S/C18H26N4O2/c1-14-3-4-15(13-20-14)7-8-19-18(24)22-10-2-9-21(11-12-22)17(23)16-5-6-16/h3-4,13,16H,2,5-12H2,1H3,(H,19,24). The van der Waals surface area contributed by atoms with Gasteiger partial charge in [0.1, 0.15) is 0 Å². The summed E-state index contributed by atoms with van der Waals surface area (Å²) >= 11 is 0. The molecule has 1 saturated heterocycles. The molecular formula is C18H26N4O2. The number of urea groups is 1. The lowest BCUT2D eigenvalue weighted by atomic mass is 10.2. The molecule has 1 saturated carbocycles. The Balaban J connectivity index is 1.41. The van der Waals surface area contributed by atoms with Crippen molar-refractivity contribution >= 4 is 11.9 Å². The summed E-state index contributed by atoms with van der Waals surface area (Å²) in [7, 11) is 0. The van der Waals surface area contributed by atoms with Gasteiger partial charge in [0.05, 0.1) is 0 Å². The highest BCUT2D eigenvalue weighted by Gasteiger charge is 2.34. The first-order chi connectivity index (χ1) is 11.6. The number of nitrogens with one attached hydrogen (secondary N) is 1. The van der Waals surface area contributed by atoms with Crippen LogP contribution in [0.1, 0.15) is 30.5 Å². The highest BCUT2D eigenvalue weighted by molar-refractivity contribution is 5.81. The van der Waals surface area contributed by atoms with Crippen LogP contribution in [0.4, 0.5) is 4.79 Å². The molecule has 3 rings (SSSR count). The summed E-state index contributed by atoms with van der Waals surface area (Å²) in [5.41, 5.74) is 2.12. The Morgan fingerprint density at radius 1 is 1.17 bits per heavy atom. The average Bonchev–Trinajstić information content (AvgIpc) is 3.42. The molecule has 0 aromatic carbocycles. The molecule has 130 valence electrons. The van der Waals surface area contributed by atoms with Gasteiger partial charge in [-0.1, -0.05) is 6.07 Å². The molecule has 1 N–H and O–H groups in total. The van der Waals surface area contributed by atoms with Gasteiger partial charge in [0.2, 0.25) is 5.91 Å². The molecule has 2 heterocycles. The number of hydrogen-bond donors (Lipinski definition) is 1. The van der Waals surface area contributed by atoms with E-state index in [9.17, 15) is 9.59 Å². The largest absolute Gasteiger partial charge is 0.341 e. The molecule has 1 aromatic heterocycles. The smallest absolute Gasteiger partial charge is 0.317 e. The minimum absolute atomic E-state index is 0.0317. The van der Waals surface area contributed by atoms with Crippen LogP contribution < -0.4 is 5.32 Å². The van der Waals surface area contributed by atoms with E-state index >= 15 is 0 Å². The lowest BCUT2D eigenvalue weighted by Gasteiger charge is -2.22. The molecule has 6 heteroatoms. The van der Waals surface area contributed by atoms with Crippen molar-refractivity contribution in [2.45, 2.75) is 32.6 Å². The average molecular weight is 330 g/mol. The third-order valence-electron chi connectivity index (χ3n) is 4.68. The maximum atomic E-state index is 12.3.